The van der Waals surface area contributed by atoms with E-state index in [0.29, 0.717) is 0 Å². The van der Waals surface area contributed by atoms with Gasteiger partial charge in [-0.1, -0.05) is 38.9 Å². The summed E-state index contributed by atoms with van der Waals surface area (Å²) >= 11 is 2.02. The Morgan fingerprint density at radius 1 is 1.15 bits per heavy atom. The molecule has 0 spiro atoms. The number of nitrogens with two attached hydrogens (primary N) is 1. The van der Waals surface area contributed by atoms with Crippen LogP contribution in [0.25, 0.3) is 0 Å². The molecule has 0 aliphatic carbocycles. The zero-order valence-electron chi connectivity index (χ0n) is 9.44. The standard InChI is InChI=1S/C10H25NSSi/c1-4-5-9-13(2,3)10-8-12-7-6-11/h4-11H2,1-3H3. The molecule has 0 heterocycles. The van der Waals surface area contributed by atoms with Gasteiger partial charge in [0.1, 0.15) is 0 Å². The van der Waals surface area contributed by atoms with Crippen LogP contribution in [0.4, 0.5) is 0 Å². The van der Waals surface area contributed by atoms with Crippen molar-refractivity contribution in [1.29, 1.82) is 0 Å². The predicted octanol–water partition coefficient (Wildman–Crippen LogP) is 3.19. The van der Waals surface area contributed by atoms with Crippen molar-refractivity contribution in [2.75, 3.05) is 18.1 Å². The monoisotopic (exact) mass is 219 g/mol. The summed E-state index contributed by atoms with van der Waals surface area (Å²) in [5.74, 6) is 2.47. The Morgan fingerprint density at radius 2 is 1.85 bits per heavy atom. The van der Waals surface area contributed by atoms with Crippen molar-refractivity contribution in [3.8, 4) is 0 Å². The fourth-order valence-electron chi connectivity index (χ4n) is 1.31. The molecule has 3 heteroatoms. The topological polar surface area (TPSA) is 26.0 Å². The Morgan fingerprint density at radius 3 is 2.38 bits per heavy atom. The molecule has 0 saturated carbocycles. The van der Waals surface area contributed by atoms with E-state index in [9.17, 15) is 0 Å². The normalized spacial score (nSPS) is 12.0. The van der Waals surface area contributed by atoms with E-state index in [1.807, 2.05) is 11.8 Å². The molecular formula is C10H25NSSi. The summed E-state index contributed by atoms with van der Waals surface area (Å²) in [5, 5.41) is 0. The van der Waals surface area contributed by atoms with Gasteiger partial charge in [-0.2, -0.15) is 11.8 Å². The molecule has 0 atom stereocenters. The van der Waals surface area contributed by atoms with Crippen LogP contribution in [0.1, 0.15) is 19.8 Å². The lowest BCUT2D eigenvalue weighted by atomic mass is 10.4. The molecule has 80 valence electrons. The van der Waals surface area contributed by atoms with Gasteiger partial charge in [0.15, 0.2) is 0 Å². The minimum atomic E-state index is -0.836. The lowest BCUT2D eigenvalue weighted by Crippen LogP contribution is -2.25. The van der Waals surface area contributed by atoms with E-state index < -0.39 is 8.07 Å². The van der Waals surface area contributed by atoms with E-state index in [0.717, 1.165) is 12.3 Å². The van der Waals surface area contributed by atoms with Crippen LogP contribution < -0.4 is 5.73 Å². The smallest absolute Gasteiger partial charge is 0.0481 e. The van der Waals surface area contributed by atoms with Gasteiger partial charge in [0, 0.05) is 20.4 Å². The van der Waals surface area contributed by atoms with Gasteiger partial charge in [0.2, 0.25) is 0 Å². The second-order valence-electron chi connectivity index (χ2n) is 4.42. The molecular weight excluding hydrogens is 194 g/mol. The van der Waals surface area contributed by atoms with Gasteiger partial charge in [-0.05, 0) is 11.8 Å². The van der Waals surface area contributed by atoms with E-state index >= 15 is 0 Å². The number of hydrogen-bond donors (Lipinski definition) is 1. The third kappa shape index (κ3) is 8.85. The largest absolute Gasteiger partial charge is 0.330 e. The molecule has 0 aromatic heterocycles. The molecule has 0 aromatic carbocycles. The molecule has 1 nitrogen and oxygen atoms in total. The van der Waals surface area contributed by atoms with E-state index in [4.69, 9.17) is 5.73 Å². The van der Waals surface area contributed by atoms with Crippen LogP contribution in [0.5, 0.6) is 0 Å². The first-order chi connectivity index (χ1) is 6.12. The Balaban J connectivity index is 3.39. The summed E-state index contributed by atoms with van der Waals surface area (Å²) < 4.78 is 0. The zero-order valence-corrected chi connectivity index (χ0v) is 11.3. The van der Waals surface area contributed by atoms with Crippen LogP contribution in [0, 0.1) is 0 Å². The Hall–Kier alpha value is 0.527. The van der Waals surface area contributed by atoms with Gasteiger partial charge in [-0.15, -0.1) is 0 Å². The van der Waals surface area contributed by atoms with Gasteiger partial charge in [-0.3, -0.25) is 0 Å². The van der Waals surface area contributed by atoms with Crippen LogP contribution in [0.3, 0.4) is 0 Å². The summed E-state index contributed by atoms with van der Waals surface area (Å²) in [6.45, 7) is 8.16. The minimum absolute atomic E-state index is 0.835. The third-order valence-electron chi connectivity index (χ3n) is 2.39. The van der Waals surface area contributed by atoms with Crippen molar-refractivity contribution in [3.05, 3.63) is 0 Å². The highest BCUT2D eigenvalue weighted by Gasteiger charge is 2.18. The van der Waals surface area contributed by atoms with Crippen LogP contribution in [-0.4, -0.2) is 26.1 Å². The number of thioether (sulfide) groups is 1. The molecule has 0 bridgehead atoms. The van der Waals surface area contributed by atoms with Gasteiger partial charge in [0.05, 0.1) is 0 Å². The van der Waals surface area contributed by atoms with Crippen molar-refractivity contribution in [2.45, 2.75) is 44.9 Å². The predicted molar refractivity (Wildman–Crippen MR) is 68.4 cm³/mol. The maximum atomic E-state index is 5.45. The highest BCUT2D eigenvalue weighted by atomic mass is 32.2. The molecule has 0 aromatic rings. The fourth-order valence-corrected chi connectivity index (χ4v) is 6.03. The van der Waals surface area contributed by atoms with Crippen molar-refractivity contribution in [3.63, 3.8) is 0 Å². The average molecular weight is 219 g/mol. The van der Waals surface area contributed by atoms with Gasteiger partial charge in [0.25, 0.3) is 0 Å². The summed E-state index contributed by atoms with van der Waals surface area (Å²) in [7, 11) is -0.836. The molecule has 0 aliphatic rings. The quantitative estimate of drug-likeness (QED) is 0.501. The second-order valence-corrected chi connectivity index (χ2v) is 11.0. The van der Waals surface area contributed by atoms with Gasteiger partial charge in [-0.25, -0.2) is 0 Å². The van der Waals surface area contributed by atoms with E-state index in [1.54, 1.807) is 0 Å². The zero-order chi connectivity index (χ0) is 10.2. The summed E-state index contributed by atoms with van der Waals surface area (Å²) in [5.41, 5.74) is 5.45. The molecule has 2 N–H and O–H groups in total. The highest BCUT2D eigenvalue weighted by molar-refractivity contribution is 7.99. The van der Waals surface area contributed by atoms with E-state index in [2.05, 4.69) is 20.0 Å². The number of hydrogen-bond acceptors (Lipinski definition) is 2. The van der Waals surface area contributed by atoms with Crippen molar-refractivity contribution in [2.24, 2.45) is 5.73 Å². The number of rotatable bonds is 8. The van der Waals surface area contributed by atoms with Crippen molar-refractivity contribution < 1.29 is 0 Å². The lowest BCUT2D eigenvalue weighted by Gasteiger charge is -2.21. The van der Waals surface area contributed by atoms with E-state index in [1.165, 1.54) is 30.7 Å². The molecule has 0 aliphatic heterocycles. The van der Waals surface area contributed by atoms with Crippen molar-refractivity contribution >= 4 is 19.8 Å². The number of unbranched alkanes of at least 4 members (excludes halogenated alkanes) is 1. The van der Waals surface area contributed by atoms with Crippen LogP contribution >= 0.6 is 11.8 Å². The molecule has 0 radical (unpaired) electrons. The minimum Gasteiger partial charge on any atom is -0.330 e. The average Bonchev–Trinajstić information content (AvgIpc) is 2.09. The Kier molecular flexibility index (Phi) is 8.21. The maximum absolute atomic E-state index is 5.45. The SMILES string of the molecule is CCCC[Si](C)(C)CCSCCN. The van der Waals surface area contributed by atoms with Crippen LogP contribution in [-0.2, 0) is 0 Å². The second kappa shape index (κ2) is 7.89. The molecule has 0 amide bonds. The van der Waals surface area contributed by atoms with Gasteiger partial charge < -0.3 is 5.73 Å². The molecule has 0 saturated heterocycles. The first-order valence-corrected chi connectivity index (χ1v) is 9.97. The Labute approximate surface area is 88.9 Å². The summed E-state index contributed by atoms with van der Waals surface area (Å²) in [6.07, 6.45) is 2.78. The van der Waals surface area contributed by atoms with Gasteiger partial charge >= 0.3 is 0 Å². The summed E-state index contributed by atoms with van der Waals surface area (Å²) in [4.78, 5) is 0. The maximum Gasteiger partial charge on any atom is 0.0481 e. The molecule has 0 fully saturated rings. The van der Waals surface area contributed by atoms with Crippen LogP contribution in [0.2, 0.25) is 25.2 Å². The molecule has 0 rings (SSSR count). The Bertz CT molecular complexity index is 117. The molecule has 13 heavy (non-hydrogen) atoms. The summed E-state index contributed by atoms with van der Waals surface area (Å²) in [6, 6.07) is 2.98. The van der Waals surface area contributed by atoms with E-state index in [-0.39, 0.29) is 0 Å². The van der Waals surface area contributed by atoms with Crippen molar-refractivity contribution in [1.82, 2.24) is 0 Å². The first kappa shape index (κ1) is 13.5. The third-order valence-corrected chi connectivity index (χ3v) is 7.08. The fraction of sp³-hybridized carbons (Fsp3) is 1.00. The van der Waals surface area contributed by atoms with Crippen LogP contribution in [0.15, 0.2) is 0 Å². The lowest BCUT2D eigenvalue weighted by molar-refractivity contribution is 0.864. The highest BCUT2D eigenvalue weighted by Crippen LogP contribution is 2.20. The molecule has 0 unspecified atom stereocenters. The first-order valence-electron chi connectivity index (χ1n) is 5.40.